The number of nitrogens with one attached hydrogen (secondary N) is 1. The van der Waals surface area contributed by atoms with Crippen molar-refractivity contribution < 1.29 is 14.3 Å². The van der Waals surface area contributed by atoms with E-state index in [1.807, 2.05) is 26.8 Å². The molecule has 0 saturated heterocycles. The number of nitrogen functional groups attached to an aromatic ring is 1. The molecule has 0 fully saturated rings. The molecule has 0 bridgehead atoms. The third-order valence-electron chi connectivity index (χ3n) is 3.04. The summed E-state index contributed by atoms with van der Waals surface area (Å²) in [7, 11) is 0. The molecular weight excluding hydrogens is 258 g/mol. The smallest absolute Gasteiger partial charge is 0.354 e. The summed E-state index contributed by atoms with van der Waals surface area (Å²) in [5.74, 6) is 0.911. The highest BCUT2D eigenvalue weighted by Crippen LogP contribution is 2.26. The van der Waals surface area contributed by atoms with Gasteiger partial charge >= 0.3 is 5.97 Å². The van der Waals surface area contributed by atoms with Crippen LogP contribution in [0.1, 0.15) is 40.5 Å². The number of furan rings is 1. The Morgan fingerprint density at radius 3 is 2.70 bits per heavy atom. The number of nitrogens with zero attached hydrogens (tertiary/aromatic N) is 1. The summed E-state index contributed by atoms with van der Waals surface area (Å²) in [5, 5.41) is 12.1. The van der Waals surface area contributed by atoms with E-state index in [0.29, 0.717) is 11.5 Å². The van der Waals surface area contributed by atoms with Gasteiger partial charge in [-0.15, -0.1) is 0 Å². The molecule has 0 aromatic carbocycles. The molecule has 2 heterocycles. The lowest BCUT2D eigenvalue weighted by molar-refractivity contribution is 0.0690. The second kappa shape index (κ2) is 5.24. The molecule has 0 aliphatic rings. The van der Waals surface area contributed by atoms with E-state index in [1.54, 1.807) is 0 Å². The molecule has 0 spiro atoms. The Hall–Kier alpha value is -2.50. The first-order chi connectivity index (χ1) is 9.38. The van der Waals surface area contributed by atoms with Gasteiger partial charge in [0.05, 0.1) is 11.7 Å². The lowest BCUT2D eigenvalue weighted by Crippen LogP contribution is -2.12. The van der Waals surface area contributed by atoms with Crippen molar-refractivity contribution in [3.8, 4) is 0 Å². The number of hydrogen-bond donors (Lipinski definition) is 3. The zero-order valence-corrected chi connectivity index (χ0v) is 11.6. The molecule has 0 amide bonds. The van der Waals surface area contributed by atoms with Crippen LogP contribution in [0, 0.1) is 13.8 Å². The van der Waals surface area contributed by atoms with Crippen molar-refractivity contribution in [1.82, 2.24) is 4.98 Å². The Balaban J connectivity index is 2.27. The summed E-state index contributed by atoms with van der Waals surface area (Å²) in [4.78, 5) is 14.9. The molecule has 0 aliphatic carbocycles. The quantitative estimate of drug-likeness (QED) is 0.793. The molecule has 0 saturated carbocycles. The van der Waals surface area contributed by atoms with E-state index in [-0.39, 0.29) is 11.7 Å². The molecule has 4 N–H and O–H groups in total. The zero-order chi connectivity index (χ0) is 14.9. The number of anilines is 2. The van der Waals surface area contributed by atoms with Crippen molar-refractivity contribution in [3.63, 3.8) is 0 Å². The minimum absolute atomic E-state index is 0.0472. The van der Waals surface area contributed by atoms with Crippen molar-refractivity contribution in [3.05, 3.63) is 41.0 Å². The zero-order valence-electron chi connectivity index (χ0n) is 11.6. The van der Waals surface area contributed by atoms with Crippen molar-refractivity contribution in [2.45, 2.75) is 26.8 Å². The topological polar surface area (TPSA) is 101 Å². The Morgan fingerprint density at radius 1 is 1.45 bits per heavy atom. The van der Waals surface area contributed by atoms with Crippen LogP contribution in [0.3, 0.4) is 0 Å². The summed E-state index contributed by atoms with van der Waals surface area (Å²) in [5.41, 5.74) is 7.16. The number of aromatic carboxylic acids is 1. The highest BCUT2D eigenvalue weighted by Gasteiger charge is 2.15. The average Bonchev–Trinajstić information content (AvgIpc) is 2.71. The summed E-state index contributed by atoms with van der Waals surface area (Å²) in [6.45, 7) is 5.69. The van der Waals surface area contributed by atoms with Gasteiger partial charge in [0.15, 0.2) is 11.5 Å². The second-order valence-corrected chi connectivity index (χ2v) is 4.67. The number of aryl methyl sites for hydroxylation is 2. The average molecular weight is 275 g/mol. The maximum Gasteiger partial charge on any atom is 0.354 e. The molecule has 2 aromatic rings. The first kappa shape index (κ1) is 13.9. The molecule has 6 nitrogen and oxygen atoms in total. The van der Waals surface area contributed by atoms with Gasteiger partial charge in [-0.1, -0.05) is 0 Å². The summed E-state index contributed by atoms with van der Waals surface area (Å²) in [6.07, 6.45) is 0. The monoisotopic (exact) mass is 275 g/mol. The number of carboxylic acid groups (broad SMARTS) is 1. The SMILES string of the molecule is Cc1cc(C(C)Nc2nc(C(=O)O)ccc2N)c(C)o1. The number of pyridine rings is 1. The van der Waals surface area contributed by atoms with Gasteiger partial charge in [0, 0.05) is 5.56 Å². The molecular formula is C14H17N3O3. The van der Waals surface area contributed by atoms with E-state index < -0.39 is 5.97 Å². The summed E-state index contributed by atoms with van der Waals surface area (Å²) in [6, 6.07) is 4.75. The lowest BCUT2D eigenvalue weighted by atomic mass is 10.1. The predicted octanol–water partition coefficient (Wildman–Crippen LogP) is 2.74. The van der Waals surface area contributed by atoms with Gasteiger partial charge in [-0.3, -0.25) is 0 Å². The molecule has 2 aromatic heterocycles. The highest BCUT2D eigenvalue weighted by molar-refractivity contribution is 5.86. The normalized spacial score (nSPS) is 12.2. The van der Waals surface area contributed by atoms with Crippen LogP contribution in [0.5, 0.6) is 0 Å². The predicted molar refractivity (Wildman–Crippen MR) is 75.8 cm³/mol. The van der Waals surface area contributed by atoms with Crippen molar-refractivity contribution in [1.29, 1.82) is 0 Å². The van der Waals surface area contributed by atoms with E-state index in [2.05, 4.69) is 10.3 Å². The molecule has 1 unspecified atom stereocenters. The Kier molecular flexibility index (Phi) is 3.65. The fraction of sp³-hybridized carbons (Fsp3) is 0.286. The molecule has 1 atom stereocenters. The first-order valence-corrected chi connectivity index (χ1v) is 6.21. The maximum atomic E-state index is 10.9. The van der Waals surface area contributed by atoms with Gasteiger partial charge in [-0.25, -0.2) is 9.78 Å². The Morgan fingerprint density at radius 2 is 2.15 bits per heavy atom. The van der Waals surface area contributed by atoms with Crippen molar-refractivity contribution in [2.75, 3.05) is 11.1 Å². The fourth-order valence-electron chi connectivity index (χ4n) is 2.07. The molecule has 20 heavy (non-hydrogen) atoms. The largest absolute Gasteiger partial charge is 0.477 e. The van der Waals surface area contributed by atoms with Gasteiger partial charge in [-0.05, 0) is 39.0 Å². The van der Waals surface area contributed by atoms with E-state index in [0.717, 1.165) is 17.1 Å². The standard InChI is InChI=1S/C14H17N3O3/c1-7-6-10(9(3)20-7)8(2)16-13-11(15)4-5-12(17-13)14(18)19/h4-6,8H,15H2,1-3H3,(H,16,17)(H,18,19). The fourth-order valence-corrected chi connectivity index (χ4v) is 2.07. The second-order valence-electron chi connectivity index (χ2n) is 4.67. The van der Waals surface area contributed by atoms with Crippen LogP contribution in [-0.4, -0.2) is 16.1 Å². The van der Waals surface area contributed by atoms with Crippen molar-refractivity contribution >= 4 is 17.5 Å². The van der Waals surface area contributed by atoms with Gasteiger partial charge < -0.3 is 20.6 Å². The van der Waals surface area contributed by atoms with Gasteiger partial charge in [-0.2, -0.15) is 0 Å². The molecule has 2 rings (SSSR count). The van der Waals surface area contributed by atoms with Crippen LogP contribution in [0.4, 0.5) is 11.5 Å². The number of nitrogens with two attached hydrogens (primary N) is 1. The van der Waals surface area contributed by atoms with Crippen LogP contribution in [-0.2, 0) is 0 Å². The summed E-state index contributed by atoms with van der Waals surface area (Å²) >= 11 is 0. The third kappa shape index (κ3) is 2.74. The summed E-state index contributed by atoms with van der Waals surface area (Å²) < 4.78 is 5.48. The lowest BCUT2D eigenvalue weighted by Gasteiger charge is -2.15. The molecule has 0 aliphatic heterocycles. The van der Waals surface area contributed by atoms with E-state index >= 15 is 0 Å². The molecule has 106 valence electrons. The van der Waals surface area contributed by atoms with Gasteiger partial charge in [0.25, 0.3) is 0 Å². The van der Waals surface area contributed by atoms with Crippen LogP contribution in [0.2, 0.25) is 0 Å². The molecule has 0 radical (unpaired) electrons. The molecule has 6 heteroatoms. The number of rotatable bonds is 4. The Labute approximate surface area is 116 Å². The Bertz CT molecular complexity index is 649. The van der Waals surface area contributed by atoms with Crippen molar-refractivity contribution in [2.24, 2.45) is 0 Å². The van der Waals surface area contributed by atoms with Crippen LogP contribution >= 0.6 is 0 Å². The maximum absolute atomic E-state index is 10.9. The van der Waals surface area contributed by atoms with Gasteiger partial charge in [0.2, 0.25) is 0 Å². The van der Waals surface area contributed by atoms with Crippen LogP contribution in [0.15, 0.2) is 22.6 Å². The number of carbonyl (C=O) groups is 1. The van der Waals surface area contributed by atoms with E-state index in [1.165, 1.54) is 12.1 Å². The third-order valence-corrected chi connectivity index (χ3v) is 3.04. The van der Waals surface area contributed by atoms with Crippen LogP contribution < -0.4 is 11.1 Å². The first-order valence-electron chi connectivity index (χ1n) is 6.21. The van der Waals surface area contributed by atoms with E-state index in [9.17, 15) is 4.79 Å². The number of hydrogen-bond acceptors (Lipinski definition) is 5. The van der Waals surface area contributed by atoms with E-state index in [4.69, 9.17) is 15.3 Å². The minimum Gasteiger partial charge on any atom is -0.477 e. The number of carboxylic acids is 1. The van der Waals surface area contributed by atoms with Crippen LogP contribution in [0.25, 0.3) is 0 Å². The highest BCUT2D eigenvalue weighted by atomic mass is 16.4. The number of aromatic nitrogens is 1. The van der Waals surface area contributed by atoms with Gasteiger partial charge in [0.1, 0.15) is 11.5 Å². The minimum atomic E-state index is -1.09.